The topological polar surface area (TPSA) is 44.4 Å². The maximum Gasteiger partial charge on any atom is 0.416 e. The summed E-state index contributed by atoms with van der Waals surface area (Å²) in [7, 11) is 1.60. The summed E-state index contributed by atoms with van der Waals surface area (Å²) >= 11 is 0. The minimum atomic E-state index is -4.41. The van der Waals surface area contributed by atoms with Crippen molar-refractivity contribution in [2.45, 2.75) is 25.7 Å². The van der Waals surface area contributed by atoms with Gasteiger partial charge in [-0.1, -0.05) is 6.07 Å². The van der Waals surface area contributed by atoms with E-state index in [0.29, 0.717) is 18.8 Å². The molecule has 0 bridgehead atoms. The third-order valence-electron chi connectivity index (χ3n) is 3.60. The lowest BCUT2D eigenvalue weighted by atomic mass is 10.0. The Morgan fingerprint density at radius 2 is 2.14 bits per heavy atom. The average Bonchev–Trinajstić information content (AvgIpc) is 2.42. The summed E-state index contributed by atoms with van der Waals surface area (Å²) in [6.45, 7) is 2.76. The Hall–Kier alpha value is -1.76. The number of hydrogen-bond donors (Lipinski definition) is 2. The summed E-state index contributed by atoms with van der Waals surface area (Å²) in [6.07, 6.45) is -4.41. The molecular weight excluding hydrogens is 283 g/mol. The molecule has 1 amide bonds. The number of anilines is 1. The fourth-order valence-electron chi connectivity index (χ4n) is 2.49. The van der Waals surface area contributed by atoms with Gasteiger partial charge in [0.1, 0.15) is 6.04 Å². The maximum absolute atomic E-state index is 13.2. The molecule has 116 valence electrons. The van der Waals surface area contributed by atoms with Crippen molar-refractivity contribution >= 4 is 11.6 Å². The quantitative estimate of drug-likeness (QED) is 0.894. The van der Waals surface area contributed by atoms with E-state index in [1.165, 1.54) is 6.07 Å². The van der Waals surface area contributed by atoms with E-state index in [9.17, 15) is 18.0 Å². The third-order valence-corrected chi connectivity index (χ3v) is 3.60. The molecule has 2 N–H and O–H groups in total. The highest BCUT2D eigenvalue weighted by molar-refractivity contribution is 5.86. The van der Waals surface area contributed by atoms with E-state index in [0.717, 1.165) is 6.07 Å². The van der Waals surface area contributed by atoms with Crippen LogP contribution in [0, 0.1) is 0 Å². The van der Waals surface area contributed by atoms with Crippen LogP contribution >= 0.6 is 0 Å². The fraction of sp³-hybridized carbons (Fsp3) is 0.500. The Morgan fingerprint density at radius 3 is 2.76 bits per heavy atom. The zero-order valence-electron chi connectivity index (χ0n) is 11.9. The molecule has 1 saturated heterocycles. The number of nitrogens with one attached hydrogen (secondary N) is 2. The van der Waals surface area contributed by atoms with E-state index in [4.69, 9.17) is 0 Å². The summed E-state index contributed by atoms with van der Waals surface area (Å²) in [5, 5.41) is 5.43. The minimum Gasteiger partial charge on any atom is -0.358 e. The minimum absolute atomic E-state index is 0.144. The highest BCUT2D eigenvalue weighted by Gasteiger charge is 2.34. The Balaban J connectivity index is 2.39. The Labute approximate surface area is 121 Å². The lowest BCUT2D eigenvalue weighted by Gasteiger charge is -2.35. The van der Waals surface area contributed by atoms with Crippen LogP contribution in [0.2, 0.25) is 0 Å². The average molecular weight is 301 g/mol. The van der Waals surface area contributed by atoms with E-state index >= 15 is 0 Å². The summed E-state index contributed by atoms with van der Waals surface area (Å²) < 4.78 is 39.5. The standard InChI is InChI=1S/C14H18F3N3O/c1-9-13(21)19-5-6-20(9)11-4-3-10(8-18-2)12(7-11)14(15,16)17/h3-4,7,9,18H,5-6,8H2,1-2H3,(H,19,21). The second kappa shape index (κ2) is 5.93. The molecule has 1 aromatic carbocycles. The van der Waals surface area contributed by atoms with Gasteiger partial charge in [-0.05, 0) is 31.7 Å². The summed E-state index contributed by atoms with van der Waals surface area (Å²) in [5.74, 6) is -0.172. The molecule has 0 saturated carbocycles. The second-order valence-corrected chi connectivity index (χ2v) is 5.03. The van der Waals surface area contributed by atoms with Crippen LogP contribution < -0.4 is 15.5 Å². The second-order valence-electron chi connectivity index (χ2n) is 5.03. The molecule has 0 spiro atoms. The van der Waals surface area contributed by atoms with Crippen LogP contribution in [0.4, 0.5) is 18.9 Å². The van der Waals surface area contributed by atoms with Crippen LogP contribution in [-0.2, 0) is 17.5 Å². The largest absolute Gasteiger partial charge is 0.416 e. The van der Waals surface area contributed by atoms with Gasteiger partial charge in [0, 0.05) is 25.3 Å². The number of benzene rings is 1. The first-order valence-electron chi connectivity index (χ1n) is 6.73. The first-order valence-corrected chi connectivity index (χ1v) is 6.73. The molecule has 1 unspecified atom stereocenters. The molecule has 2 rings (SSSR count). The number of carbonyl (C=O) groups excluding carboxylic acids is 1. The molecule has 1 aliphatic heterocycles. The normalized spacial score (nSPS) is 19.6. The molecule has 1 fully saturated rings. The predicted octanol–water partition coefficient (Wildman–Crippen LogP) is 1.75. The van der Waals surface area contributed by atoms with Gasteiger partial charge in [0.25, 0.3) is 0 Å². The predicted molar refractivity (Wildman–Crippen MR) is 74.0 cm³/mol. The van der Waals surface area contributed by atoms with Crippen LogP contribution in [0.25, 0.3) is 0 Å². The Morgan fingerprint density at radius 1 is 1.43 bits per heavy atom. The Kier molecular flexibility index (Phi) is 4.41. The van der Waals surface area contributed by atoms with Gasteiger partial charge < -0.3 is 15.5 Å². The molecule has 7 heteroatoms. The van der Waals surface area contributed by atoms with E-state index < -0.39 is 17.8 Å². The van der Waals surface area contributed by atoms with Gasteiger partial charge in [-0.3, -0.25) is 4.79 Å². The number of piperazine rings is 1. The summed E-state index contributed by atoms with van der Waals surface area (Å²) in [5.41, 5.74) is -0.0417. The van der Waals surface area contributed by atoms with Gasteiger partial charge in [0.05, 0.1) is 5.56 Å². The molecule has 0 aromatic heterocycles. The van der Waals surface area contributed by atoms with Gasteiger partial charge in [-0.2, -0.15) is 13.2 Å². The van der Waals surface area contributed by atoms with E-state index in [2.05, 4.69) is 10.6 Å². The molecule has 0 radical (unpaired) electrons. The summed E-state index contributed by atoms with van der Waals surface area (Å²) in [4.78, 5) is 13.3. The molecule has 1 heterocycles. The summed E-state index contributed by atoms with van der Waals surface area (Å²) in [6, 6.07) is 3.75. The van der Waals surface area contributed by atoms with Gasteiger partial charge >= 0.3 is 6.18 Å². The first kappa shape index (κ1) is 15.6. The smallest absolute Gasteiger partial charge is 0.358 e. The van der Waals surface area contributed by atoms with Crippen LogP contribution in [0.3, 0.4) is 0 Å². The van der Waals surface area contributed by atoms with Crippen LogP contribution in [0.5, 0.6) is 0 Å². The molecule has 1 aliphatic rings. The van der Waals surface area contributed by atoms with Crippen molar-refractivity contribution in [3.63, 3.8) is 0 Å². The number of nitrogens with zero attached hydrogens (tertiary/aromatic N) is 1. The molecular formula is C14H18F3N3O. The number of hydrogen-bond acceptors (Lipinski definition) is 3. The van der Waals surface area contributed by atoms with Crippen molar-refractivity contribution < 1.29 is 18.0 Å². The Bertz CT molecular complexity index is 531. The van der Waals surface area contributed by atoms with E-state index in [1.807, 2.05) is 0 Å². The van der Waals surface area contributed by atoms with Crippen molar-refractivity contribution in [1.29, 1.82) is 0 Å². The zero-order valence-corrected chi connectivity index (χ0v) is 11.9. The number of halogens is 3. The third kappa shape index (κ3) is 3.29. The van der Waals surface area contributed by atoms with Crippen molar-refractivity contribution in [1.82, 2.24) is 10.6 Å². The first-order chi connectivity index (χ1) is 9.84. The molecule has 1 aromatic rings. The molecule has 0 aliphatic carbocycles. The number of amides is 1. The van der Waals surface area contributed by atoms with Crippen LogP contribution in [0.1, 0.15) is 18.1 Å². The van der Waals surface area contributed by atoms with Gasteiger partial charge in [-0.25, -0.2) is 0 Å². The SMILES string of the molecule is CNCc1ccc(N2CCNC(=O)C2C)cc1C(F)(F)F. The highest BCUT2D eigenvalue weighted by Crippen LogP contribution is 2.35. The van der Waals surface area contributed by atoms with Crippen LogP contribution in [-0.4, -0.2) is 32.1 Å². The van der Waals surface area contributed by atoms with Crippen molar-refractivity contribution in [2.24, 2.45) is 0 Å². The maximum atomic E-state index is 13.2. The van der Waals surface area contributed by atoms with Gasteiger partial charge in [0.2, 0.25) is 5.91 Å². The number of alkyl halides is 3. The van der Waals surface area contributed by atoms with Gasteiger partial charge in [0.15, 0.2) is 0 Å². The van der Waals surface area contributed by atoms with E-state index in [1.54, 1.807) is 24.9 Å². The molecule has 1 atom stereocenters. The monoisotopic (exact) mass is 301 g/mol. The van der Waals surface area contributed by atoms with Gasteiger partial charge in [-0.15, -0.1) is 0 Å². The number of rotatable bonds is 3. The zero-order chi connectivity index (χ0) is 15.6. The lowest BCUT2D eigenvalue weighted by molar-refractivity contribution is -0.138. The fourth-order valence-corrected chi connectivity index (χ4v) is 2.49. The number of carbonyl (C=O) groups is 1. The lowest BCUT2D eigenvalue weighted by Crippen LogP contribution is -2.54. The van der Waals surface area contributed by atoms with Crippen molar-refractivity contribution in [3.8, 4) is 0 Å². The highest BCUT2D eigenvalue weighted by atomic mass is 19.4. The van der Waals surface area contributed by atoms with Crippen molar-refractivity contribution in [3.05, 3.63) is 29.3 Å². The molecule has 4 nitrogen and oxygen atoms in total. The van der Waals surface area contributed by atoms with Crippen molar-refractivity contribution in [2.75, 3.05) is 25.0 Å². The molecule has 21 heavy (non-hydrogen) atoms. The van der Waals surface area contributed by atoms with E-state index in [-0.39, 0.29) is 18.0 Å². The van der Waals surface area contributed by atoms with Crippen LogP contribution in [0.15, 0.2) is 18.2 Å².